The fourth-order valence-corrected chi connectivity index (χ4v) is 4.56. The zero-order valence-corrected chi connectivity index (χ0v) is 18.7. The number of Topliss-reactive ketones (excluding diaryl/α,β-unsaturated/α-hetero) is 1. The van der Waals surface area contributed by atoms with E-state index in [1.807, 2.05) is 44.2 Å². The van der Waals surface area contributed by atoms with Crippen molar-refractivity contribution in [2.24, 2.45) is 11.7 Å². The number of ketones is 1. The molecule has 6 nitrogen and oxygen atoms in total. The molecular formula is C23H32N2O4S. The van der Waals surface area contributed by atoms with Gasteiger partial charge in [-0.25, -0.2) is 8.42 Å². The van der Waals surface area contributed by atoms with Gasteiger partial charge in [0.15, 0.2) is 5.78 Å². The Morgan fingerprint density at radius 3 is 2.20 bits per heavy atom. The van der Waals surface area contributed by atoms with Crippen molar-refractivity contribution in [3.63, 3.8) is 0 Å². The number of nitrogens with zero attached hydrogens (tertiary/aromatic N) is 1. The fourth-order valence-electron chi connectivity index (χ4n) is 3.09. The van der Waals surface area contributed by atoms with Crippen molar-refractivity contribution >= 4 is 15.8 Å². The van der Waals surface area contributed by atoms with Crippen molar-refractivity contribution < 1.29 is 18.3 Å². The van der Waals surface area contributed by atoms with Crippen molar-refractivity contribution in [3.8, 4) is 0 Å². The maximum atomic E-state index is 13.2. The van der Waals surface area contributed by atoms with Crippen molar-refractivity contribution in [2.75, 3.05) is 13.1 Å². The monoisotopic (exact) mass is 432 g/mol. The number of carbonyl (C=O) groups is 1. The third-order valence-corrected chi connectivity index (χ3v) is 6.93. The molecule has 7 heteroatoms. The van der Waals surface area contributed by atoms with E-state index >= 15 is 0 Å². The zero-order valence-electron chi connectivity index (χ0n) is 17.9. The van der Waals surface area contributed by atoms with Crippen LogP contribution < -0.4 is 5.73 Å². The molecule has 3 N–H and O–H groups in total. The molecule has 0 bridgehead atoms. The van der Waals surface area contributed by atoms with E-state index in [2.05, 4.69) is 0 Å². The SMILES string of the molecule is CC(=O)c1ccc(S(=O)(=O)N(CCC(C)C)C[C@@H](O)[C@@H](N)Cc2ccccc2)cc1. The number of hydrogen-bond acceptors (Lipinski definition) is 5. The van der Waals surface area contributed by atoms with Gasteiger partial charge in [-0.2, -0.15) is 4.31 Å². The largest absolute Gasteiger partial charge is 0.390 e. The molecule has 0 fully saturated rings. The molecular weight excluding hydrogens is 400 g/mol. The van der Waals surface area contributed by atoms with Crippen LogP contribution in [0.2, 0.25) is 0 Å². The molecule has 2 rings (SSSR count). The van der Waals surface area contributed by atoms with Crippen LogP contribution >= 0.6 is 0 Å². The predicted molar refractivity (Wildman–Crippen MR) is 119 cm³/mol. The van der Waals surface area contributed by atoms with Crippen LogP contribution in [0.4, 0.5) is 0 Å². The van der Waals surface area contributed by atoms with Crippen LogP contribution in [0.1, 0.15) is 43.1 Å². The van der Waals surface area contributed by atoms with Crippen molar-refractivity contribution in [1.29, 1.82) is 0 Å². The van der Waals surface area contributed by atoms with Gasteiger partial charge in [0, 0.05) is 24.7 Å². The normalized spacial score (nSPS) is 14.1. The first-order valence-corrected chi connectivity index (χ1v) is 11.6. The highest BCUT2D eigenvalue weighted by Crippen LogP contribution is 2.19. The second-order valence-electron chi connectivity index (χ2n) is 8.05. The second kappa shape index (κ2) is 10.8. The lowest BCUT2D eigenvalue weighted by atomic mass is 10.0. The molecule has 0 heterocycles. The number of nitrogens with two attached hydrogens (primary N) is 1. The number of aliphatic hydroxyl groups is 1. The molecule has 2 atom stereocenters. The highest BCUT2D eigenvalue weighted by molar-refractivity contribution is 7.89. The van der Waals surface area contributed by atoms with Gasteiger partial charge < -0.3 is 10.8 Å². The maximum absolute atomic E-state index is 13.2. The van der Waals surface area contributed by atoms with E-state index in [9.17, 15) is 18.3 Å². The van der Waals surface area contributed by atoms with E-state index in [-0.39, 0.29) is 23.8 Å². The Bertz CT molecular complexity index is 912. The maximum Gasteiger partial charge on any atom is 0.243 e. The quantitative estimate of drug-likeness (QED) is 0.532. The molecule has 0 aliphatic rings. The van der Waals surface area contributed by atoms with Gasteiger partial charge in [-0.15, -0.1) is 0 Å². The lowest BCUT2D eigenvalue weighted by molar-refractivity contribution is 0.101. The highest BCUT2D eigenvalue weighted by Gasteiger charge is 2.29. The summed E-state index contributed by atoms with van der Waals surface area (Å²) in [5.41, 5.74) is 7.62. The molecule has 0 radical (unpaired) electrons. The summed E-state index contributed by atoms with van der Waals surface area (Å²) in [6, 6.07) is 14.9. The standard InChI is InChI=1S/C23H32N2O4S/c1-17(2)13-14-25(16-23(27)22(24)15-19-7-5-4-6-8-19)30(28,29)21-11-9-20(10-12-21)18(3)26/h4-12,17,22-23,27H,13-16,24H2,1-3H3/t22-,23+/m0/s1. The molecule has 164 valence electrons. The molecule has 0 spiro atoms. The summed E-state index contributed by atoms with van der Waals surface area (Å²) in [4.78, 5) is 11.6. The number of benzene rings is 2. The topological polar surface area (TPSA) is 101 Å². The Morgan fingerprint density at radius 2 is 1.67 bits per heavy atom. The summed E-state index contributed by atoms with van der Waals surface area (Å²) in [6.07, 6.45) is 0.0994. The first-order chi connectivity index (χ1) is 14.1. The summed E-state index contributed by atoms with van der Waals surface area (Å²) >= 11 is 0. The Balaban J connectivity index is 2.19. The lowest BCUT2D eigenvalue weighted by Gasteiger charge is -2.28. The van der Waals surface area contributed by atoms with Crippen LogP contribution in [0.15, 0.2) is 59.5 Å². The van der Waals surface area contributed by atoms with Gasteiger partial charge in [0.2, 0.25) is 10.0 Å². The number of sulfonamides is 1. The van der Waals surface area contributed by atoms with Gasteiger partial charge in [-0.3, -0.25) is 4.79 Å². The van der Waals surface area contributed by atoms with Crippen LogP contribution in [0, 0.1) is 5.92 Å². The number of rotatable bonds is 11. The van der Waals surface area contributed by atoms with Crippen LogP contribution in [0.3, 0.4) is 0 Å². The van der Waals surface area contributed by atoms with Gasteiger partial charge in [-0.05, 0) is 43.4 Å². The van der Waals surface area contributed by atoms with Crippen molar-refractivity contribution in [2.45, 2.75) is 50.7 Å². The lowest BCUT2D eigenvalue weighted by Crippen LogP contribution is -2.47. The minimum absolute atomic E-state index is 0.0858. The average Bonchev–Trinajstić information content (AvgIpc) is 2.71. The van der Waals surface area contributed by atoms with Crippen LogP contribution in [0.5, 0.6) is 0 Å². The van der Waals surface area contributed by atoms with Gasteiger partial charge >= 0.3 is 0 Å². The molecule has 2 aromatic rings. The third-order valence-electron chi connectivity index (χ3n) is 5.05. The fraction of sp³-hybridized carbons (Fsp3) is 0.435. The first-order valence-electron chi connectivity index (χ1n) is 10.2. The third kappa shape index (κ3) is 6.74. The summed E-state index contributed by atoms with van der Waals surface area (Å²) in [5, 5.41) is 10.7. The molecule has 30 heavy (non-hydrogen) atoms. The number of hydrogen-bond donors (Lipinski definition) is 2. The number of aliphatic hydroxyl groups excluding tert-OH is 1. The van der Waals surface area contributed by atoms with Crippen LogP contribution in [0.25, 0.3) is 0 Å². The molecule has 0 saturated carbocycles. The molecule has 0 unspecified atom stereocenters. The molecule has 0 aliphatic heterocycles. The minimum atomic E-state index is -3.83. The van der Waals surface area contributed by atoms with Gasteiger partial charge in [0.1, 0.15) is 0 Å². The Morgan fingerprint density at radius 1 is 1.07 bits per heavy atom. The summed E-state index contributed by atoms with van der Waals surface area (Å²) in [7, 11) is -3.83. The zero-order chi connectivity index (χ0) is 22.3. The summed E-state index contributed by atoms with van der Waals surface area (Å²) in [5.74, 6) is 0.177. The molecule has 2 aromatic carbocycles. The van der Waals surface area contributed by atoms with Crippen LogP contribution in [-0.4, -0.2) is 48.8 Å². The minimum Gasteiger partial charge on any atom is -0.390 e. The van der Waals surface area contributed by atoms with Crippen LogP contribution in [-0.2, 0) is 16.4 Å². The van der Waals surface area contributed by atoms with Gasteiger partial charge in [0.05, 0.1) is 11.0 Å². The predicted octanol–water partition coefficient (Wildman–Crippen LogP) is 2.86. The average molecular weight is 433 g/mol. The first kappa shape index (κ1) is 24.2. The van der Waals surface area contributed by atoms with Crippen molar-refractivity contribution in [1.82, 2.24) is 4.31 Å². The van der Waals surface area contributed by atoms with E-state index in [1.54, 1.807) is 0 Å². The Labute approximate surface area is 179 Å². The molecule has 0 saturated heterocycles. The van der Waals surface area contributed by atoms with Gasteiger partial charge in [-0.1, -0.05) is 56.3 Å². The number of carbonyl (C=O) groups excluding carboxylic acids is 1. The molecule has 0 aliphatic carbocycles. The summed E-state index contributed by atoms with van der Waals surface area (Å²) in [6.45, 7) is 5.66. The Hall–Kier alpha value is -2.06. The molecule has 0 aromatic heterocycles. The van der Waals surface area contributed by atoms with Crippen molar-refractivity contribution in [3.05, 3.63) is 65.7 Å². The van der Waals surface area contributed by atoms with E-state index in [0.29, 0.717) is 24.3 Å². The Kier molecular flexibility index (Phi) is 8.73. The van der Waals surface area contributed by atoms with E-state index in [0.717, 1.165) is 5.56 Å². The highest BCUT2D eigenvalue weighted by atomic mass is 32.2. The summed E-state index contributed by atoms with van der Waals surface area (Å²) < 4.78 is 27.8. The van der Waals surface area contributed by atoms with E-state index < -0.39 is 22.2 Å². The smallest absolute Gasteiger partial charge is 0.243 e. The van der Waals surface area contributed by atoms with E-state index in [1.165, 1.54) is 35.5 Å². The van der Waals surface area contributed by atoms with E-state index in [4.69, 9.17) is 5.73 Å². The molecule has 0 amide bonds. The second-order valence-corrected chi connectivity index (χ2v) is 9.98. The van der Waals surface area contributed by atoms with Gasteiger partial charge in [0.25, 0.3) is 0 Å².